The van der Waals surface area contributed by atoms with Crippen LogP contribution in [0.3, 0.4) is 0 Å². The van der Waals surface area contributed by atoms with E-state index in [0.29, 0.717) is 44.3 Å². The summed E-state index contributed by atoms with van der Waals surface area (Å²) < 4.78 is 35.0. The molecule has 1 aliphatic carbocycles. The van der Waals surface area contributed by atoms with Crippen LogP contribution in [0.25, 0.3) is 0 Å². The molecule has 4 fully saturated rings. The minimum absolute atomic E-state index is 0.0339. The summed E-state index contributed by atoms with van der Waals surface area (Å²) in [5, 5.41) is 10.3. The van der Waals surface area contributed by atoms with Gasteiger partial charge >= 0.3 is 5.97 Å². The molecular formula is C32H54O8. The Morgan fingerprint density at radius 1 is 0.900 bits per heavy atom. The van der Waals surface area contributed by atoms with Gasteiger partial charge in [-0.2, -0.15) is 0 Å². The number of carbonyl (C=O) groups is 1. The van der Waals surface area contributed by atoms with Gasteiger partial charge < -0.3 is 33.5 Å². The molecule has 4 aliphatic rings. The fourth-order valence-corrected chi connectivity index (χ4v) is 6.76. The highest BCUT2D eigenvalue weighted by Gasteiger charge is 2.50. The van der Waals surface area contributed by atoms with Gasteiger partial charge in [0.15, 0.2) is 12.6 Å². The number of hydrogen-bond donors (Lipinski definition) is 1. The van der Waals surface area contributed by atoms with Gasteiger partial charge in [-0.25, -0.2) is 4.79 Å². The molecule has 6 atom stereocenters. The van der Waals surface area contributed by atoms with Crippen molar-refractivity contribution in [2.24, 2.45) is 11.8 Å². The molecule has 8 nitrogen and oxygen atoms in total. The summed E-state index contributed by atoms with van der Waals surface area (Å²) in [6.07, 6.45) is 17.3. The summed E-state index contributed by atoms with van der Waals surface area (Å²) in [7, 11) is 1.77. The molecule has 3 aliphatic heterocycles. The molecule has 3 heterocycles. The van der Waals surface area contributed by atoms with E-state index in [2.05, 4.69) is 6.58 Å². The van der Waals surface area contributed by atoms with Gasteiger partial charge in [0.25, 0.3) is 5.79 Å². The van der Waals surface area contributed by atoms with Crippen molar-refractivity contribution in [2.75, 3.05) is 26.9 Å². The third-order valence-electron chi connectivity index (χ3n) is 9.28. The predicted octanol–water partition coefficient (Wildman–Crippen LogP) is 6.75. The lowest BCUT2D eigenvalue weighted by Gasteiger charge is -2.37. The monoisotopic (exact) mass is 566 g/mol. The lowest BCUT2D eigenvalue weighted by atomic mass is 9.85. The summed E-state index contributed by atoms with van der Waals surface area (Å²) in [5.74, 6) is -1.69. The second kappa shape index (κ2) is 16.6. The fourth-order valence-electron chi connectivity index (χ4n) is 6.76. The maximum atomic E-state index is 12.6. The number of hydrogen-bond acceptors (Lipinski definition) is 7. The minimum Gasteiger partial charge on any atom is -0.477 e. The van der Waals surface area contributed by atoms with Crippen LogP contribution in [0.5, 0.6) is 0 Å². The van der Waals surface area contributed by atoms with E-state index in [-0.39, 0.29) is 18.6 Å². The van der Waals surface area contributed by atoms with Crippen molar-refractivity contribution in [3.63, 3.8) is 0 Å². The van der Waals surface area contributed by atoms with Crippen molar-refractivity contribution in [2.45, 2.75) is 146 Å². The van der Waals surface area contributed by atoms with Crippen LogP contribution in [0.2, 0.25) is 0 Å². The highest BCUT2D eigenvalue weighted by atomic mass is 16.8. The van der Waals surface area contributed by atoms with Crippen molar-refractivity contribution in [1.82, 2.24) is 0 Å². The first-order chi connectivity index (χ1) is 19.5. The number of carboxylic acids is 1. The molecule has 8 heteroatoms. The molecule has 0 spiro atoms. The van der Waals surface area contributed by atoms with Gasteiger partial charge in [-0.1, -0.05) is 44.3 Å². The number of carboxylic acid groups (broad SMARTS) is 1. The highest BCUT2D eigenvalue weighted by molar-refractivity contribution is 5.75. The van der Waals surface area contributed by atoms with Crippen LogP contribution < -0.4 is 0 Å². The zero-order valence-electron chi connectivity index (χ0n) is 24.8. The summed E-state index contributed by atoms with van der Waals surface area (Å²) in [5.41, 5.74) is 1.37. The summed E-state index contributed by atoms with van der Waals surface area (Å²) in [6.45, 7) is 6.43. The lowest BCUT2D eigenvalue weighted by Crippen LogP contribution is -2.51. The number of ether oxygens (including phenoxy) is 6. The van der Waals surface area contributed by atoms with E-state index in [1.54, 1.807) is 7.11 Å². The van der Waals surface area contributed by atoms with Crippen molar-refractivity contribution < 1.29 is 38.3 Å². The van der Waals surface area contributed by atoms with E-state index in [9.17, 15) is 9.90 Å². The number of unbranched alkanes of at least 4 members (excludes halogenated alkanes) is 5. The van der Waals surface area contributed by atoms with Gasteiger partial charge in [-0.3, -0.25) is 0 Å². The Bertz CT molecular complexity index is 740. The number of allylic oxidation sites excluding steroid dienone is 1. The van der Waals surface area contributed by atoms with E-state index in [1.165, 1.54) is 50.5 Å². The Morgan fingerprint density at radius 3 is 2.15 bits per heavy atom. The third kappa shape index (κ3) is 9.77. The number of aliphatic carboxylic acids is 1. The van der Waals surface area contributed by atoms with Crippen molar-refractivity contribution >= 4 is 5.97 Å². The van der Waals surface area contributed by atoms with Crippen molar-refractivity contribution in [3.05, 3.63) is 12.2 Å². The molecule has 0 bridgehead atoms. The molecule has 230 valence electrons. The Kier molecular flexibility index (Phi) is 13.2. The molecule has 1 N–H and O–H groups in total. The van der Waals surface area contributed by atoms with Gasteiger partial charge in [0.05, 0.1) is 12.2 Å². The van der Waals surface area contributed by atoms with Gasteiger partial charge in [0.1, 0.15) is 0 Å². The van der Waals surface area contributed by atoms with Gasteiger partial charge in [-0.05, 0) is 88.9 Å². The molecule has 0 amide bonds. The normalized spacial score (nSPS) is 32.2. The quantitative estimate of drug-likeness (QED) is 0.0794. The minimum atomic E-state index is -1.79. The molecule has 40 heavy (non-hydrogen) atoms. The Labute approximate surface area is 241 Å². The maximum Gasteiger partial charge on any atom is 0.364 e. The molecular weight excluding hydrogens is 512 g/mol. The topological polar surface area (TPSA) is 96.0 Å². The van der Waals surface area contributed by atoms with Crippen molar-refractivity contribution in [1.29, 1.82) is 0 Å². The average molecular weight is 567 g/mol. The standard InChI is InChI=1S/C32H54O8/c1-24-16-17-25(13-7-5-3-4-6-10-20-35-2)26(24)23-28-27(38-28)18-19-32(31(33)34,39-29-14-8-11-21-36-29)40-30-15-9-12-22-37-30/h25-30H,1,3-23H2,2H3,(H,33,34)/t25-,26-,27?,28+,29?,30?,32?/m0/s1. The first-order valence-electron chi connectivity index (χ1n) is 16.1. The van der Waals surface area contributed by atoms with Crippen LogP contribution in [0, 0.1) is 11.8 Å². The maximum absolute atomic E-state index is 12.6. The van der Waals surface area contributed by atoms with Gasteiger partial charge in [0, 0.05) is 33.4 Å². The lowest BCUT2D eigenvalue weighted by molar-refractivity contribution is -0.352. The molecule has 1 saturated carbocycles. The predicted molar refractivity (Wildman–Crippen MR) is 152 cm³/mol. The summed E-state index contributed by atoms with van der Waals surface area (Å²) in [6, 6.07) is 0. The average Bonchev–Trinajstić information content (AvgIpc) is 3.63. The van der Waals surface area contributed by atoms with Crippen LogP contribution in [0.4, 0.5) is 0 Å². The zero-order valence-corrected chi connectivity index (χ0v) is 24.8. The van der Waals surface area contributed by atoms with Crippen LogP contribution in [0.1, 0.15) is 116 Å². The second-order valence-electron chi connectivity index (χ2n) is 12.3. The first kappa shape index (κ1) is 31.9. The van der Waals surface area contributed by atoms with Gasteiger partial charge in [0.2, 0.25) is 0 Å². The Morgan fingerprint density at radius 2 is 1.55 bits per heavy atom. The van der Waals surface area contributed by atoms with E-state index >= 15 is 0 Å². The highest BCUT2D eigenvalue weighted by Crippen LogP contribution is 2.46. The Balaban J connectivity index is 1.24. The van der Waals surface area contributed by atoms with Gasteiger partial charge in [-0.15, -0.1) is 0 Å². The number of rotatable bonds is 19. The molecule has 0 radical (unpaired) electrons. The summed E-state index contributed by atoms with van der Waals surface area (Å²) in [4.78, 5) is 12.6. The van der Waals surface area contributed by atoms with E-state index in [4.69, 9.17) is 28.4 Å². The van der Waals surface area contributed by atoms with Crippen LogP contribution >= 0.6 is 0 Å². The van der Waals surface area contributed by atoms with Crippen LogP contribution in [0.15, 0.2) is 12.2 Å². The first-order valence-corrected chi connectivity index (χ1v) is 16.1. The van der Waals surface area contributed by atoms with Crippen LogP contribution in [-0.4, -0.2) is 68.6 Å². The number of methoxy groups -OCH3 is 1. The molecule has 0 aromatic rings. The SMILES string of the molecule is C=C1CC[C@H](CCCCCCCCOC)[C@H]1C[C@H]1OC1CCC(OC1CCCCO1)(OC1CCCCO1)C(=O)O. The molecule has 3 unspecified atom stereocenters. The van der Waals surface area contributed by atoms with E-state index in [0.717, 1.165) is 51.6 Å². The molecule has 3 saturated heterocycles. The van der Waals surface area contributed by atoms with E-state index in [1.807, 2.05) is 0 Å². The Hall–Kier alpha value is -1.03. The molecule has 0 aromatic heterocycles. The fraction of sp³-hybridized carbons (Fsp3) is 0.906. The third-order valence-corrected chi connectivity index (χ3v) is 9.28. The van der Waals surface area contributed by atoms with Crippen LogP contribution in [-0.2, 0) is 33.2 Å². The zero-order chi connectivity index (χ0) is 28.2. The van der Waals surface area contributed by atoms with E-state index < -0.39 is 24.3 Å². The molecule has 0 aromatic carbocycles. The molecule has 4 rings (SSSR count). The smallest absolute Gasteiger partial charge is 0.364 e. The number of epoxide rings is 1. The van der Waals surface area contributed by atoms with Crippen molar-refractivity contribution in [3.8, 4) is 0 Å². The second-order valence-corrected chi connectivity index (χ2v) is 12.3. The largest absolute Gasteiger partial charge is 0.477 e. The summed E-state index contributed by atoms with van der Waals surface area (Å²) >= 11 is 0.